The zero-order chi connectivity index (χ0) is 16.4. The van der Waals surface area contributed by atoms with Crippen LogP contribution in [0.25, 0.3) is 0 Å². The third-order valence-electron chi connectivity index (χ3n) is 7.24. The lowest BCUT2D eigenvalue weighted by Gasteiger charge is -2.51. The van der Waals surface area contributed by atoms with E-state index in [-0.39, 0.29) is 23.2 Å². The van der Waals surface area contributed by atoms with Gasteiger partial charge in [0, 0.05) is 10.8 Å². The van der Waals surface area contributed by atoms with Crippen molar-refractivity contribution in [1.82, 2.24) is 0 Å². The molecule has 0 heterocycles. The second-order valence-electron chi connectivity index (χ2n) is 8.29. The van der Waals surface area contributed by atoms with Crippen LogP contribution in [0.2, 0.25) is 0 Å². The number of carbonyl (C=O) groups excluding carboxylic acids is 1. The van der Waals surface area contributed by atoms with Crippen molar-refractivity contribution in [3.8, 4) is 0 Å². The summed E-state index contributed by atoms with van der Waals surface area (Å²) in [6.07, 6.45) is 10.3. The van der Waals surface area contributed by atoms with Crippen LogP contribution in [0, 0.1) is 22.7 Å². The summed E-state index contributed by atoms with van der Waals surface area (Å²) in [5, 5.41) is 10.3. The highest BCUT2D eigenvalue weighted by atomic mass is 35.5. The minimum atomic E-state index is -0.0648. The zero-order valence-electron chi connectivity index (χ0n) is 14.0. The Morgan fingerprint density at radius 3 is 2.70 bits per heavy atom. The molecule has 0 bridgehead atoms. The first-order chi connectivity index (χ1) is 10.9. The molecule has 0 aromatic rings. The summed E-state index contributed by atoms with van der Waals surface area (Å²) in [6.45, 7) is 4.77. The molecule has 1 fully saturated rings. The molecule has 0 aromatic carbocycles. The molecule has 1 N–H and O–H groups in total. The monoisotopic (exact) mass is 332 g/mol. The Morgan fingerprint density at radius 1 is 1.22 bits per heavy atom. The normalized spacial score (nSPS) is 42.7. The van der Waals surface area contributed by atoms with E-state index in [0.29, 0.717) is 16.9 Å². The Kier molecular flexibility index (Phi) is 3.45. The summed E-state index contributed by atoms with van der Waals surface area (Å²) in [7, 11) is 0. The predicted molar refractivity (Wildman–Crippen MR) is 92.0 cm³/mol. The number of aliphatic hydroxyl groups excluding tert-OH is 1. The number of allylic oxidation sites excluding steroid dienone is 5. The number of ketones is 1. The fourth-order valence-electron chi connectivity index (χ4n) is 5.82. The smallest absolute Gasteiger partial charge is 0.196 e. The molecular formula is C20H25ClO2. The zero-order valence-corrected chi connectivity index (χ0v) is 14.7. The van der Waals surface area contributed by atoms with Gasteiger partial charge < -0.3 is 5.11 Å². The van der Waals surface area contributed by atoms with E-state index in [4.69, 9.17) is 11.6 Å². The van der Waals surface area contributed by atoms with Gasteiger partial charge in [-0.15, -0.1) is 0 Å². The van der Waals surface area contributed by atoms with Crippen molar-refractivity contribution >= 4 is 17.4 Å². The van der Waals surface area contributed by atoms with Crippen LogP contribution < -0.4 is 0 Å². The van der Waals surface area contributed by atoms with Gasteiger partial charge in [-0.1, -0.05) is 42.7 Å². The summed E-state index contributed by atoms with van der Waals surface area (Å²) >= 11 is 6.37. The summed E-state index contributed by atoms with van der Waals surface area (Å²) in [5.41, 5.74) is 4.27. The van der Waals surface area contributed by atoms with Gasteiger partial charge in [0.2, 0.25) is 0 Å². The third kappa shape index (κ3) is 2.01. The molecule has 4 atom stereocenters. The number of halogens is 1. The van der Waals surface area contributed by atoms with Crippen molar-refractivity contribution < 1.29 is 9.90 Å². The van der Waals surface area contributed by atoms with E-state index in [1.165, 1.54) is 5.57 Å². The number of aliphatic hydroxyl groups is 1. The average molecular weight is 333 g/mol. The maximum absolute atomic E-state index is 11.9. The molecule has 23 heavy (non-hydrogen) atoms. The van der Waals surface area contributed by atoms with Crippen LogP contribution in [0.5, 0.6) is 0 Å². The van der Waals surface area contributed by atoms with Crippen LogP contribution in [0.1, 0.15) is 52.4 Å². The van der Waals surface area contributed by atoms with Crippen molar-refractivity contribution in [2.24, 2.45) is 22.7 Å². The molecule has 0 aromatic heterocycles. The maximum atomic E-state index is 11.9. The number of hydrogen-bond donors (Lipinski definition) is 1. The van der Waals surface area contributed by atoms with Crippen molar-refractivity contribution in [2.75, 3.05) is 6.61 Å². The molecule has 0 amide bonds. The van der Waals surface area contributed by atoms with Crippen molar-refractivity contribution in [3.05, 3.63) is 33.9 Å². The maximum Gasteiger partial charge on any atom is 0.196 e. The molecule has 4 aliphatic rings. The Bertz CT molecular complexity index is 671. The molecule has 0 spiro atoms. The van der Waals surface area contributed by atoms with Crippen molar-refractivity contribution in [1.29, 1.82) is 0 Å². The fourth-order valence-corrected chi connectivity index (χ4v) is 6.18. The van der Waals surface area contributed by atoms with E-state index in [9.17, 15) is 9.90 Å². The van der Waals surface area contributed by atoms with E-state index in [2.05, 4.69) is 19.9 Å². The Balaban J connectivity index is 1.76. The summed E-state index contributed by atoms with van der Waals surface area (Å²) in [4.78, 5) is 11.9. The van der Waals surface area contributed by atoms with Gasteiger partial charge in [0.15, 0.2) is 5.78 Å². The highest BCUT2D eigenvalue weighted by Gasteiger charge is 2.52. The first kappa shape index (κ1) is 15.7. The number of hydrogen-bond acceptors (Lipinski definition) is 2. The van der Waals surface area contributed by atoms with Crippen LogP contribution >= 0.6 is 11.6 Å². The number of fused-ring (bicyclic) bond motifs is 4. The first-order valence-corrected chi connectivity index (χ1v) is 9.24. The Hall–Kier alpha value is -0.860. The Labute approximate surface area is 143 Å². The molecule has 4 aliphatic carbocycles. The third-order valence-corrected chi connectivity index (χ3v) is 7.65. The van der Waals surface area contributed by atoms with Crippen LogP contribution in [-0.4, -0.2) is 17.5 Å². The molecule has 124 valence electrons. The Morgan fingerprint density at radius 2 is 1.96 bits per heavy atom. The van der Waals surface area contributed by atoms with Gasteiger partial charge >= 0.3 is 0 Å². The van der Waals surface area contributed by atoms with E-state index in [1.54, 1.807) is 17.2 Å². The fraction of sp³-hybridized carbons (Fsp3) is 0.650. The second-order valence-corrected chi connectivity index (χ2v) is 8.66. The summed E-state index contributed by atoms with van der Waals surface area (Å²) < 4.78 is 0. The van der Waals surface area contributed by atoms with Crippen LogP contribution in [0.3, 0.4) is 0 Å². The highest BCUT2D eigenvalue weighted by Crippen LogP contribution is 2.62. The standard InChI is InChI=1S/C20H25ClO2/c1-19(11-22)9-7-13-12-3-4-16-18(21)17(23)8-10-20(16,2)15(12)6-5-14(13)19/h8,10,12,15,22H,3-7,9,11H2,1-2H3/t12-,15-,19+,20+/m0/s1. The molecule has 0 radical (unpaired) electrons. The van der Waals surface area contributed by atoms with E-state index in [0.717, 1.165) is 38.5 Å². The van der Waals surface area contributed by atoms with Crippen molar-refractivity contribution in [3.63, 3.8) is 0 Å². The van der Waals surface area contributed by atoms with Crippen LogP contribution in [-0.2, 0) is 4.79 Å². The van der Waals surface area contributed by atoms with Gasteiger partial charge in [0.05, 0.1) is 11.6 Å². The topological polar surface area (TPSA) is 37.3 Å². The van der Waals surface area contributed by atoms with E-state index in [1.807, 2.05) is 0 Å². The highest BCUT2D eigenvalue weighted by molar-refractivity contribution is 6.45. The quantitative estimate of drug-likeness (QED) is 0.716. The van der Waals surface area contributed by atoms with Gasteiger partial charge in [0.1, 0.15) is 0 Å². The number of carbonyl (C=O) groups is 1. The first-order valence-electron chi connectivity index (χ1n) is 8.86. The predicted octanol–water partition coefficient (Wildman–Crippen LogP) is 4.53. The second kappa shape index (κ2) is 5.07. The molecule has 0 unspecified atom stereocenters. The minimum absolute atomic E-state index is 0.00728. The molecule has 4 rings (SSSR count). The van der Waals surface area contributed by atoms with E-state index < -0.39 is 0 Å². The molecule has 0 saturated heterocycles. The molecule has 0 aliphatic heterocycles. The summed E-state index contributed by atoms with van der Waals surface area (Å²) in [6, 6.07) is 0. The lowest BCUT2D eigenvalue weighted by molar-refractivity contribution is -0.111. The molecule has 2 nitrogen and oxygen atoms in total. The van der Waals surface area contributed by atoms with Crippen molar-refractivity contribution in [2.45, 2.75) is 52.4 Å². The van der Waals surface area contributed by atoms with Gasteiger partial charge in [0.25, 0.3) is 0 Å². The van der Waals surface area contributed by atoms with Crippen LogP contribution in [0.4, 0.5) is 0 Å². The van der Waals surface area contributed by atoms with Gasteiger partial charge in [-0.25, -0.2) is 0 Å². The summed E-state index contributed by atoms with van der Waals surface area (Å²) in [5.74, 6) is 1.12. The largest absolute Gasteiger partial charge is 0.395 e. The lowest BCUT2D eigenvalue weighted by atomic mass is 9.53. The van der Waals surface area contributed by atoms with Gasteiger partial charge in [-0.05, 0) is 62.0 Å². The molecule has 1 saturated carbocycles. The SMILES string of the molecule is C[C@]1(CO)CCC2=C1CC[C@H]1[C@H]2CCC2=C(Cl)C(=O)C=C[C@@]21C. The minimum Gasteiger partial charge on any atom is -0.395 e. The molecular weight excluding hydrogens is 308 g/mol. The average Bonchev–Trinajstić information content (AvgIpc) is 2.90. The molecule has 3 heteroatoms. The van der Waals surface area contributed by atoms with Gasteiger partial charge in [-0.3, -0.25) is 4.79 Å². The number of rotatable bonds is 1. The van der Waals surface area contributed by atoms with Crippen LogP contribution in [0.15, 0.2) is 33.9 Å². The van der Waals surface area contributed by atoms with Gasteiger partial charge in [-0.2, -0.15) is 0 Å². The lowest BCUT2D eigenvalue weighted by Crippen LogP contribution is -2.42. The van der Waals surface area contributed by atoms with E-state index >= 15 is 0 Å².